The normalized spacial score (nSPS) is 18.3. The van der Waals surface area contributed by atoms with Crippen LogP contribution in [0.25, 0.3) is 0 Å². The molecule has 1 heterocycles. The lowest BCUT2D eigenvalue weighted by molar-refractivity contribution is -0.133. The van der Waals surface area contributed by atoms with Gasteiger partial charge in [-0.1, -0.05) is 17.7 Å². The topological polar surface area (TPSA) is 78.5 Å². The zero-order chi connectivity index (χ0) is 16.2. The molecule has 8 heteroatoms. The van der Waals surface area contributed by atoms with Gasteiger partial charge in [-0.3, -0.25) is 4.79 Å². The Kier molecular flexibility index (Phi) is 7.47. The van der Waals surface area contributed by atoms with E-state index < -0.39 is 10.0 Å². The average molecular weight is 362 g/mol. The van der Waals surface area contributed by atoms with Gasteiger partial charge in [0.15, 0.2) is 0 Å². The second-order valence-corrected chi connectivity index (χ2v) is 7.37. The Morgan fingerprint density at radius 2 is 2.00 bits per heavy atom. The number of halogens is 1. The van der Waals surface area contributed by atoms with Crippen molar-refractivity contribution in [3.63, 3.8) is 0 Å². The van der Waals surface area contributed by atoms with E-state index in [0.717, 1.165) is 18.7 Å². The second kappa shape index (κ2) is 8.63. The quantitative estimate of drug-likeness (QED) is 0.817. The van der Waals surface area contributed by atoms with E-state index in [-0.39, 0.29) is 42.2 Å². The maximum atomic E-state index is 12.1. The highest BCUT2D eigenvalue weighted by Crippen LogP contribution is 2.10. The van der Waals surface area contributed by atoms with E-state index in [1.54, 1.807) is 29.2 Å². The number of carbonyl (C=O) groups excluding carboxylic acids is 1. The Morgan fingerprint density at radius 3 is 2.61 bits per heavy atom. The zero-order valence-electron chi connectivity index (χ0n) is 13.4. The number of sulfonamides is 1. The third-order valence-corrected chi connectivity index (χ3v) is 5.26. The SMILES string of the molecule is Cc1ccc(S(=O)(=O)NCCC(=O)N2CCNC[C@@H]2C)cc1.Cl. The first-order valence-corrected chi connectivity index (χ1v) is 8.95. The van der Waals surface area contributed by atoms with Gasteiger partial charge in [-0.25, -0.2) is 13.1 Å². The second-order valence-electron chi connectivity index (χ2n) is 5.60. The number of nitrogens with one attached hydrogen (secondary N) is 2. The predicted octanol–water partition coefficient (Wildman–Crippen LogP) is 0.906. The third-order valence-electron chi connectivity index (χ3n) is 3.78. The van der Waals surface area contributed by atoms with E-state index in [1.807, 2.05) is 13.8 Å². The summed E-state index contributed by atoms with van der Waals surface area (Å²) in [6.07, 6.45) is 0.176. The van der Waals surface area contributed by atoms with Gasteiger partial charge in [0.1, 0.15) is 0 Å². The van der Waals surface area contributed by atoms with Crippen molar-refractivity contribution >= 4 is 28.3 Å². The Morgan fingerprint density at radius 1 is 1.35 bits per heavy atom. The lowest BCUT2D eigenvalue weighted by Crippen LogP contribution is -2.52. The van der Waals surface area contributed by atoms with Crippen molar-refractivity contribution in [2.24, 2.45) is 0 Å². The first-order chi connectivity index (χ1) is 10.4. The number of rotatable bonds is 5. The zero-order valence-corrected chi connectivity index (χ0v) is 15.0. The molecule has 2 N–H and O–H groups in total. The summed E-state index contributed by atoms with van der Waals surface area (Å²) in [6, 6.07) is 6.79. The molecule has 1 aromatic rings. The van der Waals surface area contributed by atoms with Crippen LogP contribution < -0.4 is 10.0 Å². The fourth-order valence-corrected chi connectivity index (χ4v) is 3.48. The summed E-state index contributed by atoms with van der Waals surface area (Å²) in [4.78, 5) is 14.2. The number of aryl methyl sites for hydroxylation is 1. The molecule has 130 valence electrons. The van der Waals surface area contributed by atoms with Crippen LogP contribution in [-0.2, 0) is 14.8 Å². The molecule has 2 rings (SSSR count). The van der Waals surface area contributed by atoms with Gasteiger partial charge in [-0.15, -0.1) is 12.4 Å². The van der Waals surface area contributed by atoms with Crippen molar-refractivity contribution in [1.82, 2.24) is 14.9 Å². The van der Waals surface area contributed by atoms with Crippen molar-refractivity contribution in [2.45, 2.75) is 31.2 Å². The molecule has 1 aliphatic rings. The lowest BCUT2D eigenvalue weighted by atomic mass is 10.2. The largest absolute Gasteiger partial charge is 0.337 e. The number of nitrogens with zero attached hydrogens (tertiary/aromatic N) is 1. The van der Waals surface area contributed by atoms with Crippen LogP contribution in [0.4, 0.5) is 0 Å². The monoisotopic (exact) mass is 361 g/mol. The Labute approximate surface area is 144 Å². The van der Waals surface area contributed by atoms with Gasteiger partial charge in [-0.05, 0) is 26.0 Å². The molecule has 1 atom stereocenters. The molecule has 0 bridgehead atoms. The van der Waals surface area contributed by atoms with E-state index in [4.69, 9.17) is 0 Å². The number of piperazine rings is 1. The van der Waals surface area contributed by atoms with Gasteiger partial charge in [0.05, 0.1) is 4.90 Å². The van der Waals surface area contributed by atoms with Crippen LogP contribution in [-0.4, -0.2) is 51.4 Å². The summed E-state index contributed by atoms with van der Waals surface area (Å²) in [5.74, 6) is -0.0133. The predicted molar refractivity (Wildman–Crippen MR) is 92.3 cm³/mol. The number of amides is 1. The highest BCUT2D eigenvalue weighted by molar-refractivity contribution is 7.89. The van der Waals surface area contributed by atoms with Crippen LogP contribution in [0.2, 0.25) is 0 Å². The molecule has 0 saturated carbocycles. The molecule has 1 aromatic carbocycles. The summed E-state index contributed by atoms with van der Waals surface area (Å²) >= 11 is 0. The van der Waals surface area contributed by atoms with Gasteiger partial charge in [0, 0.05) is 38.6 Å². The summed E-state index contributed by atoms with van der Waals surface area (Å²) in [6.45, 7) is 6.24. The molecular weight excluding hydrogens is 338 g/mol. The van der Waals surface area contributed by atoms with E-state index in [1.165, 1.54) is 0 Å². The molecule has 23 heavy (non-hydrogen) atoms. The van der Waals surface area contributed by atoms with Crippen molar-refractivity contribution < 1.29 is 13.2 Å². The molecule has 1 amide bonds. The van der Waals surface area contributed by atoms with E-state index >= 15 is 0 Å². The molecule has 0 unspecified atom stereocenters. The van der Waals surface area contributed by atoms with Crippen molar-refractivity contribution in [3.05, 3.63) is 29.8 Å². The van der Waals surface area contributed by atoms with Crippen LogP contribution >= 0.6 is 12.4 Å². The Hall–Kier alpha value is -1.15. The first-order valence-electron chi connectivity index (χ1n) is 7.46. The summed E-state index contributed by atoms with van der Waals surface area (Å²) < 4.78 is 26.7. The van der Waals surface area contributed by atoms with Gasteiger partial charge in [0.25, 0.3) is 0 Å². The Bertz CT molecular complexity index is 619. The highest BCUT2D eigenvalue weighted by Gasteiger charge is 2.23. The fourth-order valence-electron chi connectivity index (χ4n) is 2.45. The molecule has 0 radical (unpaired) electrons. The van der Waals surface area contributed by atoms with Gasteiger partial charge in [-0.2, -0.15) is 0 Å². The van der Waals surface area contributed by atoms with Crippen molar-refractivity contribution in [1.29, 1.82) is 0 Å². The average Bonchev–Trinajstić information content (AvgIpc) is 2.48. The number of carbonyl (C=O) groups is 1. The molecule has 0 spiro atoms. The summed E-state index contributed by atoms with van der Waals surface area (Å²) in [7, 11) is -3.55. The summed E-state index contributed by atoms with van der Waals surface area (Å²) in [5.41, 5.74) is 1.00. The van der Waals surface area contributed by atoms with Crippen LogP contribution in [0.1, 0.15) is 18.9 Å². The number of benzene rings is 1. The smallest absolute Gasteiger partial charge is 0.240 e. The van der Waals surface area contributed by atoms with E-state index in [2.05, 4.69) is 10.0 Å². The van der Waals surface area contributed by atoms with Crippen molar-refractivity contribution in [3.8, 4) is 0 Å². The minimum absolute atomic E-state index is 0. The van der Waals surface area contributed by atoms with E-state index in [0.29, 0.717) is 6.54 Å². The molecule has 1 saturated heterocycles. The van der Waals surface area contributed by atoms with Gasteiger partial charge < -0.3 is 10.2 Å². The molecule has 1 aliphatic heterocycles. The molecule has 0 aromatic heterocycles. The molecular formula is C15H24ClN3O3S. The minimum atomic E-state index is -3.55. The van der Waals surface area contributed by atoms with E-state index in [9.17, 15) is 13.2 Å². The minimum Gasteiger partial charge on any atom is -0.337 e. The van der Waals surface area contributed by atoms with Crippen LogP contribution in [0.3, 0.4) is 0 Å². The standard InChI is InChI=1S/C15H23N3O3S.ClH/c1-12-3-5-14(6-4-12)22(20,21)17-8-7-15(19)18-10-9-16-11-13(18)2;/h3-6,13,16-17H,7-11H2,1-2H3;1H/t13-;/m0./s1. The fraction of sp³-hybridized carbons (Fsp3) is 0.533. The Balaban J connectivity index is 0.00000264. The van der Waals surface area contributed by atoms with Crippen LogP contribution in [0.5, 0.6) is 0 Å². The molecule has 1 fully saturated rings. The van der Waals surface area contributed by atoms with Crippen LogP contribution in [0.15, 0.2) is 29.2 Å². The van der Waals surface area contributed by atoms with Gasteiger partial charge >= 0.3 is 0 Å². The van der Waals surface area contributed by atoms with Crippen molar-refractivity contribution in [2.75, 3.05) is 26.2 Å². The summed E-state index contributed by atoms with van der Waals surface area (Å²) in [5, 5.41) is 3.22. The maximum absolute atomic E-state index is 12.1. The molecule has 6 nitrogen and oxygen atoms in total. The van der Waals surface area contributed by atoms with Crippen LogP contribution in [0, 0.1) is 6.92 Å². The maximum Gasteiger partial charge on any atom is 0.240 e. The lowest BCUT2D eigenvalue weighted by Gasteiger charge is -2.34. The number of hydrogen-bond acceptors (Lipinski definition) is 4. The third kappa shape index (κ3) is 5.46. The first kappa shape index (κ1) is 19.9. The molecule has 0 aliphatic carbocycles. The number of hydrogen-bond donors (Lipinski definition) is 2. The van der Waals surface area contributed by atoms with Gasteiger partial charge in [0.2, 0.25) is 15.9 Å². The highest BCUT2D eigenvalue weighted by atomic mass is 35.5.